The molecule has 0 spiro atoms. The second kappa shape index (κ2) is 8.36. The van der Waals surface area contributed by atoms with Crippen LogP contribution in [0.15, 0.2) is 34.4 Å². The Bertz CT molecular complexity index is 701. The summed E-state index contributed by atoms with van der Waals surface area (Å²) in [4.78, 5) is 0. The zero-order chi connectivity index (χ0) is 18.7. The van der Waals surface area contributed by atoms with Crippen LogP contribution in [0.25, 0.3) is 5.57 Å². The van der Waals surface area contributed by atoms with Crippen molar-refractivity contribution in [1.82, 2.24) is 5.16 Å². The lowest BCUT2D eigenvalue weighted by molar-refractivity contribution is -0.0123. The Kier molecular flexibility index (Phi) is 6.15. The monoisotopic (exact) mass is 357 g/mol. The highest BCUT2D eigenvalue weighted by atomic mass is 16.5. The summed E-state index contributed by atoms with van der Waals surface area (Å²) in [6.45, 7) is 10.7. The number of aliphatic hydroxyl groups is 1. The summed E-state index contributed by atoms with van der Waals surface area (Å²) in [6, 6.07) is 0. The molecule has 1 aromatic rings. The Morgan fingerprint density at radius 2 is 1.92 bits per heavy atom. The topological polar surface area (TPSA) is 55.5 Å². The zero-order valence-corrected chi connectivity index (χ0v) is 16.3. The van der Waals surface area contributed by atoms with Gasteiger partial charge in [0, 0.05) is 17.1 Å². The molecule has 2 aliphatic carbocycles. The molecule has 2 aliphatic rings. The van der Waals surface area contributed by atoms with Crippen molar-refractivity contribution in [2.24, 2.45) is 0 Å². The Hall–Kier alpha value is -1.65. The summed E-state index contributed by atoms with van der Waals surface area (Å²) in [6.07, 6.45) is 9.85. The lowest BCUT2D eigenvalue weighted by Crippen LogP contribution is -2.24. The van der Waals surface area contributed by atoms with Crippen molar-refractivity contribution in [2.75, 3.05) is 0 Å². The molecule has 3 rings (SSSR count). The standard InChI is InChI=1S/C22H31NO3/c1-5-14(3)20(15(4)6-2)21-19(22(26-23-21)16-7-8-16)13-25-18-11-9-17(24)10-12-18/h5-6,16-18,24H,1,7-13H2,2-4H3/b15-6-,20-14+. The van der Waals surface area contributed by atoms with Gasteiger partial charge in [0.05, 0.1) is 18.8 Å². The molecule has 4 nitrogen and oxygen atoms in total. The predicted molar refractivity (Wildman–Crippen MR) is 104 cm³/mol. The Labute approximate surface area is 156 Å². The molecule has 0 atom stereocenters. The van der Waals surface area contributed by atoms with E-state index in [1.165, 1.54) is 18.4 Å². The first-order chi connectivity index (χ1) is 12.5. The minimum Gasteiger partial charge on any atom is -0.393 e. The number of nitrogens with zero attached hydrogens (tertiary/aromatic N) is 1. The van der Waals surface area contributed by atoms with Crippen LogP contribution in [0.4, 0.5) is 0 Å². The van der Waals surface area contributed by atoms with Gasteiger partial charge in [0.2, 0.25) is 0 Å². The van der Waals surface area contributed by atoms with Crippen molar-refractivity contribution in [1.29, 1.82) is 0 Å². The van der Waals surface area contributed by atoms with Gasteiger partial charge in [-0.1, -0.05) is 23.9 Å². The van der Waals surface area contributed by atoms with Crippen LogP contribution in [0.2, 0.25) is 0 Å². The summed E-state index contributed by atoms with van der Waals surface area (Å²) < 4.78 is 12.0. The number of aromatic nitrogens is 1. The minimum absolute atomic E-state index is 0.162. The molecule has 0 aromatic carbocycles. The van der Waals surface area contributed by atoms with Crippen LogP contribution in [0.1, 0.15) is 82.2 Å². The zero-order valence-electron chi connectivity index (χ0n) is 16.3. The summed E-state index contributed by atoms with van der Waals surface area (Å²) in [5.41, 5.74) is 5.35. The van der Waals surface area contributed by atoms with E-state index >= 15 is 0 Å². The summed E-state index contributed by atoms with van der Waals surface area (Å²) >= 11 is 0. The van der Waals surface area contributed by atoms with Crippen molar-refractivity contribution >= 4 is 5.57 Å². The van der Waals surface area contributed by atoms with Gasteiger partial charge in [-0.15, -0.1) is 0 Å². The molecule has 2 saturated carbocycles. The molecule has 4 heteroatoms. The van der Waals surface area contributed by atoms with E-state index in [1.807, 2.05) is 13.0 Å². The molecule has 0 aliphatic heterocycles. The molecule has 142 valence electrons. The van der Waals surface area contributed by atoms with Crippen LogP contribution < -0.4 is 0 Å². The maximum Gasteiger partial charge on any atom is 0.145 e. The van der Waals surface area contributed by atoms with E-state index in [0.29, 0.717) is 12.5 Å². The summed E-state index contributed by atoms with van der Waals surface area (Å²) in [5.74, 6) is 1.48. The molecule has 1 N–H and O–H groups in total. The van der Waals surface area contributed by atoms with Gasteiger partial charge in [0.1, 0.15) is 11.5 Å². The Balaban J connectivity index is 1.88. The van der Waals surface area contributed by atoms with Gasteiger partial charge < -0.3 is 14.4 Å². The molecule has 0 saturated heterocycles. The maximum absolute atomic E-state index is 9.70. The molecular formula is C22H31NO3. The molecule has 26 heavy (non-hydrogen) atoms. The highest BCUT2D eigenvalue weighted by molar-refractivity contribution is 5.81. The van der Waals surface area contributed by atoms with Gasteiger partial charge in [0.15, 0.2) is 0 Å². The van der Waals surface area contributed by atoms with Gasteiger partial charge in [-0.05, 0) is 70.4 Å². The van der Waals surface area contributed by atoms with Crippen molar-refractivity contribution in [3.8, 4) is 0 Å². The van der Waals surface area contributed by atoms with Gasteiger partial charge in [-0.2, -0.15) is 0 Å². The van der Waals surface area contributed by atoms with Crippen molar-refractivity contribution in [3.05, 3.63) is 46.9 Å². The first-order valence-electron chi connectivity index (χ1n) is 9.80. The minimum atomic E-state index is -0.162. The van der Waals surface area contributed by atoms with Crippen LogP contribution in [0.5, 0.6) is 0 Å². The van der Waals surface area contributed by atoms with E-state index in [0.717, 1.165) is 53.8 Å². The van der Waals surface area contributed by atoms with Crippen LogP contribution in [-0.4, -0.2) is 22.5 Å². The molecule has 2 fully saturated rings. The second-order valence-electron chi connectivity index (χ2n) is 7.62. The number of aliphatic hydroxyl groups excluding tert-OH is 1. The number of ether oxygens (including phenoxy) is 1. The highest BCUT2D eigenvalue weighted by Crippen LogP contribution is 2.44. The van der Waals surface area contributed by atoms with Crippen LogP contribution in [0, 0.1) is 0 Å². The predicted octanol–water partition coefficient (Wildman–Crippen LogP) is 5.30. The number of rotatable bonds is 7. The van der Waals surface area contributed by atoms with Gasteiger partial charge in [-0.3, -0.25) is 0 Å². The van der Waals surface area contributed by atoms with E-state index in [4.69, 9.17) is 9.26 Å². The van der Waals surface area contributed by atoms with Crippen LogP contribution >= 0.6 is 0 Å². The smallest absolute Gasteiger partial charge is 0.145 e. The summed E-state index contributed by atoms with van der Waals surface area (Å²) in [5, 5.41) is 14.1. The first-order valence-corrected chi connectivity index (χ1v) is 9.80. The number of hydrogen-bond donors (Lipinski definition) is 1. The third-order valence-corrected chi connectivity index (χ3v) is 5.64. The SMILES string of the molecule is C=C/C(C)=C(\C(C)=C/C)c1noc(C2CC2)c1COC1CCC(O)CC1. The maximum atomic E-state index is 9.70. The van der Waals surface area contributed by atoms with E-state index in [9.17, 15) is 5.11 Å². The van der Waals surface area contributed by atoms with Gasteiger partial charge >= 0.3 is 0 Å². The van der Waals surface area contributed by atoms with Gasteiger partial charge in [-0.25, -0.2) is 0 Å². The molecule has 1 aromatic heterocycles. The van der Waals surface area contributed by atoms with E-state index in [-0.39, 0.29) is 12.2 Å². The molecule has 0 amide bonds. The average molecular weight is 357 g/mol. The third kappa shape index (κ3) is 4.18. The van der Waals surface area contributed by atoms with Crippen molar-refractivity contribution in [3.63, 3.8) is 0 Å². The van der Waals surface area contributed by atoms with E-state index in [2.05, 4.69) is 31.7 Å². The van der Waals surface area contributed by atoms with E-state index in [1.54, 1.807) is 0 Å². The van der Waals surface area contributed by atoms with Crippen LogP contribution in [0.3, 0.4) is 0 Å². The second-order valence-corrected chi connectivity index (χ2v) is 7.62. The lowest BCUT2D eigenvalue weighted by Gasteiger charge is -2.25. The lowest BCUT2D eigenvalue weighted by atomic mass is 9.94. The normalized spacial score (nSPS) is 25.2. The van der Waals surface area contributed by atoms with Crippen LogP contribution in [-0.2, 0) is 11.3 Å². The fourth-order valence-electron chi connectivity index (χ4n) is 3.67. The fraction of sp³-hybridized carbons (Fsp3) is 0.591. The molecular weight excluding hydrogens is 326 g/mol. The van der Waals surface area contributed by atoms with Crippen molar-refractivity contribution in [2.45, 2.75) is 84.0 Å². The Morgan fingerprint density at radius 3 is 2.50 bits per heavy atom. The third-order valence-electron chi connectivity index (χ3n) is 5.64. The fourth-order valence-corrected chi connectivity index (χ4v) is 3.67. The number of hydrogen-bond acceptors (Lipinski definition) is 4. The van der Waals surface area contributed by atoms with E-state index < -0.39 is 0 Å². The Morgan fingerprint density at radius 1 is 1.23 bits per heavy atom. The van der Waals surface area contributed by atoms with Crippen molar-refractivity contribution < 1.29 is 14.4 Å². The molecule has 0 bridgehead atoms. The molecule has 0 unspecified atom stereocenters. The first kappa shape index (κ1) is 19.1. The average Bonchev–Trinajstić information content (AvgIpc) is 3.42. The molecule has 0 radical (unpaired) electrons. The quantitative estimate of drug-likeness (QED) is 0.673. The van der Waals surface area contributed by atoms with Gasteiger partial charge in [0.25, 0.3) is 0 Å². The largest absolute Gasteiger partial charge is 0.393 e. The highest BCUT2D eigenvalue weighted by Gasteiger charge is 2.34. The molecule has 1 heterocycles. The number of allylic oxidation sites excluding steroid dienone is 5. The summed E-state index contributed by atoms with van der Waals surface area (Å²) in [7, 11) is 0.